The third-order valence-corrected chi connectivity index (χ3v) is 5.21. The Morgan fingerprint density at radius 3 is 2.92 bits per heavy atom. The van der Waals surface area contributed by atoms with Gasteiger partial charge in [-0.1, -0.05) is 0 Å². The van der Waals surface area contributed by atoms with Crippen molar-refractivity contribution < 1.29 is 9.53 Å². The molecule has 0 atom stereocenters. The Hall–Kier alpha value is -1.86. The minimum absolute atomic E-state index is 0.00325. The Kier molecular flexibility index (Phi) is 4.53. The fourth-order valence-corrected chi connectivity index (χ4v) is 3.67. The molecule has 0 radical (unpaired) electrons. The summed E-state index contributed by atoms with van der Waals surface area (Å²) in [6.07, 6.45) is 2.49. The number of thiophene rings is 1. The van der Waals surface area contributed by atoms with Crippen LogP contribution in [0.4, 0.5) is 4.79 Å². The van der Waals surface area contributed by atoms with Crippen LogP contribution >= 0.6 is 11.3 Å². The number of urea groups is 1. The van der Waals surface area contributed by atoms with Crippen molar-refractivity contribution in [2.75, 3.05) is 32.8 Å². The quantitative estimate of drug-likeness (QED) is 0.905. The molecule has 2 aromatic heterocycles. The van der Waals surface area contributed by atoms with Gasteiger partial charge in [0.05, 0.1) is 25.5 Å². The molecule has 2 fully saturated rings. The first kappa shape index (κ1) is 15.7. The number of rotatable bonds is 5. The smallest absolute Gasteiger partial charge is 0.317 e. The highest BCUT2D eigenvalue weighted by Gasteiger charge is 2.28. The lowest BCUT2D eigenvalue weighted by molar-refractivity contribution is 0.0532. The minimum Gasteiger partial charge on any atom is -0.378 e. The second kappa shape index (κ2) is 6.94. The summed E-state index contributed by atoms with van der Waals surface area (Å²) in [5.41, 5.74) is 3.52. The summed E-state index contributed by atoms with van der Waals surface area (Å²) < 4.78 is 7.35. The highest BCUT2D eigenvalue weighted by Crippen LogP contribution is 2.41. The van der Waals surface area contributed by atoms with Crippen LogP contribution in [0, 0.1) is 0 Å². The van der Waals surface area contributed by atoms with E-state index in [4.69, 9.17) is 9.84 Å². The molecule has 1 saturated heterocycles. The molecule has 128 valence electrons. The molecule has 0 unspecified atom stereocenters. The number of nitrogens with one attached hydrogen (secondary N) is 1. The summed E-state index contributed by atoms with van der Waals surface area (Å²) in [5, 5.41) is 12.0. The lowest BCUT2D eigenvalue weighted by atomic mass is 10.2. The van der Waals surface area contributed by atoms with Gasteiger partial charge in [0.25, 0.3) is 0 Å². The number of ether oxygens (including phenoxy) is 1. The molecule has 3 heterocycles. The maximum absolute atomic E-state index is 12.1. The van der Waals surface area contributed by atoms with Crippen LogP contribution in [0.1, 0.15) is 24.5 Å². The van der Waals surface area contributed by atoms with Gasteiger partial charge in [-0.05, 0) is 30.4 Å². The molecule has 0 aromatic carbocycles. The van der Waals surface area contributed by atoms with E-state index in [0.717, 1.165) is 5.69 Å². The molecule has 4 rings (SSSR count). The number of amides is 2. The molecule has 2 aliphatic rings. The van der Waals surface area contributed by atoms with Gasteiger partial charge in [-0.25, -0.2) is 4.79 Å². The first-order valence-corrected chi connectivity index (χ1v) is 9.46. The zero-order valence-electron chi connectivity index (χ0n) is 13.6. The van der Waals surface area contributed by atoms with Crippen molar-refractivity contribution in [3.63, 3.8) is 0 Å². The van der Waals surface area contributed by atoms with Crippen LogP contribution in [0.25, 0.3) is 11.3 Å². The third kappa shape index (κ3) is 3.47. The summed E-state index contributed by atoms with van der Waals surface area (Å²) in [6.45, 7) is 3.91. The second-order valence-electron chi connectivity index (χ2n) is 6.30. The minimum atomic E-state index is -0.00325. The largest absolute Gasteiger partial charge is 0.378 e. The molecule has 1 aliphatic carbocycles. The van der Waals surface area contributed by atoms with Gasteiger partial charge in [-0.2, -0.15) is 16.4 Å². The van der Waals surface area contributed by atoms with E-state index in [1.165, 1.54) is 24.1 Å². The molecule has 1 saturated carbocycles. The Morgan fingerprint density at radius 2 is 2.21 bits per heavy atom. The van der Waals surface area contributed by atoms with Crippen LogP contribution in [0.3, 0.4) is 0 Å². The molecule has 0 spiro atoms. The highest BCUT2D eigenvalue weighted by atomic mass is 32.1. The van der Waals surface area contributed by atoms with E-state index in [9.17, 15) is 4.79 Å². The van der Waals surface area contributed by atoms with Crippen molar-refractivity contribution in [2.24, 2.45) is 0 Å². The molecule has 7 heteroatoms. The number of nitrogens with zero attached hydrogens (tertiary/aromatic N) is 3. The van der Waals surface area contributed by atoms with Crippen molar-refractivity contribution in [3.05, 3.63) is 28.6 Å². The van der Waals surface area contributed by atoms with E-state index in [2.05, 4.69) is 32.9 Å². The average molecular weight is 346 g/mol. The lowest BCUT2D eigenvalue weighted by Crippen LogP contribution is -2.46. The number of hydrogen-bond donors (Lipinski definition) is 1. The monoisotopic (exact) mass is 346 g/mol. The van der Waals surface area contributed by atoms with Crippen molar-refractivity contribution in [1.82, 2.24) is 20.0 Å². The molecule has 2 amide bonds. The molecule has 2 aromatic rings. The van der Waals surface area contributed by atoms with Gasteiger partial charge in [0, 0.05) is 42.2 Å². The van der Waals surface area contributed by atoms with Gasteiger partial charge >= 0.3 is 6.03 Å². The van der Waals surface area contributed by atoms with Crippen LogP contribution in [0.5, 0.6) is 0 Å². The van der Waals surface area contributed by atoms with Gasteiger partial charge in [0.1, 0.15) is 0 Å². The number of carbonyl (C=O) groups is 1. The van der Waals surface area contributed by atoms with Gasteiger partial charge < -0.3 is 15.0 Å². The van der Waals surface area contributed by atoms with E-state index in [0.29, 0.717) is 45.3 Å². The molecule has 0 bridgehead atoms. The van der Waals surface area contributed by atoms with Crippen molar-refractivity contribution in [3.8, 4) is 11.3 Å². The topological polar surface area (TPSA) is 59.4 Å². The Bertz CT molecular complexity index is 688. The van der Waals surface area contributed by atoms with E-state index >= 15 is 0 Å². The third-order valence-electron chi connectivity index (χ3n) is 4.52. The second-order valence-corrected chi connectivity index (χ2v) is 7.08. The fraction of sp³-hybridized carbons (Fsp3) is 0.529. The summed E-state index contributed by atoms with van der Waals surface area (Å²) in [7, 11) is 0. The maximum Gasteiger partial charge on any atom is 0.317 e. The van der Waals surface area contributed by atoms with Gasteiger partial charge in [0.2, 0.25) is 0 Å². The summed E-state index contributed by atoms with van der Waals surface area (Å²) in [5.74, 6) is 0.639. The Morgan fingerprint density at radius 1 is 1.38 bits per heavy atom. The van der Waals surface area contributed by atoms with Crippen molar-refractivity contribution in [1.29, 1.82) is 0 Å². The van der Waals surface area contributed by atoms with E-state index in [1.807, 2.05) is 4.90 Å². The predicted molar refractivity (Wildman–Crippen MR) is 93.3 cm³/mol. The molecule has 6 nitrogen and oxygen atoms in total. The van der Waals surface area contributed by atoms with Gasteiger partial charge in [-0.3, -0.25) is 4.68 Å². The van der Waals surface area contributed by atoms with Crippen molar-refractivity contribution >= 4 is 17.4 Å². The number of carbonyl (C=O) groups excluding carboxylic acids is 1. The van der Waals surface area contributed by atoms with Crippen LogP contribution < -0.4 is 5.32 Å². The van der Waals surface area contributed by atoms with E-state index in [1.54, 1.807) is 11.3 Å². The van der Waals surface area contributed by atoms with Crippen LogP contribution in [0.15, 0.2) is 22.9 Å². The highest BCUT2D eigenvalue weighted by molar-refractivity contribution is 7.08. The summed E-state index contributed by atoms with van der Waals surface area (Å²) >= 11 is 1.69. The van der Waals surface area contributed by atoms with E-state index < -0.39 is 0 Å². The van der Waals surface area contributed by atoms with Crippen LogP contribution in [-0.2, 0) is 11.3 Å². The maximum atomic E-state index is 12.1. The SMILES string of the molecule is O=C(NCCn1nc(-c2ccsc2)cc1C1CC1)N1CCOCC1. The zero-order valence-corrected chi connectivity index (χ0v) is 14.4. The standard InChI is InChI=1S/C17H22N4O2S/c22-17(20-6-8-23-9-7-20)18-4-5-21-16(13-1-2-13)11-15(19-21)14-3-10-24-12-14/h3,10-13H,1-2,4-9H2,(H,18,22). The summed E-state index contributed by atoms with van der Waals surface area (Å²) in [6, 6.07) is 4.31. The molecule has 24 heavy (non-hydrogen) atoms. The fourth-order valence-electron chi connectivity index (χ4n) is 3.02. The molecular weight excluding hydrogens is 324 g/mol. The molecular formula is C17H22N4O2S. The van der Waals surface area contributed by atoms with Gasteiger partial charge in [-0.15, -0.1) is 0 Å². The average Bonchev–Trinajstić information content (AvgIpc) is 3.14. The van der Waals surface area contributed by atoms with Gasteiger partial charge in [0.15, 0.2) is 0 Å². The molecule has 1 N–H and O–H groups in total. The first-order chi connectivity index (χ1) is 11.8. The zero-order chi connectivity index (χ0) is 16.4. The summed E-state index contributed by atoms with van der Waals surface area (Å²) in [4.78, 5) is 14.0. The Balaban J connectivity index is 1.38. The number of hydrogen-bond acceptors (Lipinski definition) is 4. The lowest BCUT2D eigenvalue weighted by Gasteiger charge is -2.26. The van der Waals surface area contributed by atoms with Crippen LogP contribution in [-0.4, -0.2) is 53.6 Å². The first-order valence-electron chi connectivity index (χ1n) is 8.52. The number of morpholine rings is 1. The van der Waals surface area contributed by atoms with Crippen LogP contribution in [0.2, 0.25) is 0 Å². The normalized spacial score (nSPS) is 17.9. The molecule has 1 aliphatic heterocycles. The van der Waals surface area contributed by atoms with Crippen molar-refractivity contribution in [2.45, 2.75) is 25.3 Å². The number of aromatic nitrogens is 2. The predicted octanol–water partition coefficient (Wildman–Crippen LogP) is 2.53. The Labute approximate surface area is 145 Å². The van der Waals surface area contributed by atoms with E-state index in [-0.39, 0.29) is 6.03 Å².